The van der Waals surface area contributed by atoms with Crippen molar-refractivity contribution in [3.8, 4) is 0 Å². The molecule has 3 N–H and O–H groups in total. The highest BCUT2D eigenvalue weighted by Crippen LogP contribution is 2.21. The summed E-state index contributed by atoms with van der Waals surface area (Å²) in [5.41, 5.74) is 0.539. The molecule has 22 heavy (non-hydrogen) atoms. The van der Waals surface area contributed by atoms with E-state index in [-0.39, 0.29) is 12.3 Å². The molecule has 0 aliphatic carbocycles. The molecule has 2 atom stereocenters. The Morgan fingerprint density at radius 3 is 2.82 bits per heavy atom. The number of halogens is 2. The smallest absolute Gasteiger partial charge is 0.271 e. The van der Waals surface area contributed by atoms with Gasteiger partial charge in [-0.05, 0) is 12.5 Å². The van der Waals surface area contributed by atoms with Crippen molar-refractivity contribution in [1.82, 2.24) is 14.7 Å². The first-order valence-electron chi connectivity index (χ1n) is 6.89. The van der Waals surface area contributed by atoms with Gasteiger partial charge in [0.05, 0.1) is 28.8 Å². The lowest BCUT2D eigenvalue weighted by atomic mass is 10.1. The normalized spacial score (nSPS) is 14.0. The molecule has 0 saturated heterocycles. The Labute approximate surface area is 137 Å². The topological polar surface area (TPSA) is 86.9 Å². The Kier molecular flexibility index (Phi) is 5.63. The van der Waals surface area contributed by atoms with E-state index < -0.39 is 18.1 Å². The maximum absolute atomic E-state index is 12.2. The van der Waals surface area contributed by atoms with Crippen LogP contribution >= 0.6 is 23.2 Å². The number of nitrogens with zero attached hydrogens (tertiary/aromatic N) is 2. The summed E-state index contributed by atoms with van der Waals surface area (Å²) in [6.07, 6.45) is 3.49. The van der Waals surface area contributed by atoms with Crippen molar-refractivity contribution < 1.29 is 15.0 Å². The van der Waals surface area contributed by atoms with Crippen LogP contribution in [0.5, 0.6) is 0 Å². The third-order valence-electron chi connectivity index (χ3n) is 3.27. The molecule has 0 aliphatic heterocycles. The molecule has 2 heterocycles. The van der Waals surface area contributed by atoms with Crippen LogP contribution in [0.2, 0.25) is 10.0 Å². The molecular weight excluding hydrogens is 329 g/mol. The standard InChI is InChI=1S/C14H17Cl2N3O3/c1-2-3-12(21)11(7-20)18-14(22)10-6-19-5-8(15)4-9(16)13(19)17-10/h4-6,11-12,20-21H,2-3,7H2,1H3,(H,18,22). The third-order valence-corrected chi connectivity index (χ3v) is 3.75. The minimum absolute atomic E-state index is 0.131. The number of carbonyl (C=O) groups is 1. The van der Waals surface area contributed by atoms with E-state index in [1.54, 1.807) is 10.6 Å². The lowest BCUT2D eigenvalue weighted by molar-refractivity contribution is 0.0667. The molecule has 2 rings (SSSR count). The lowest BCUT2D eigenvalue weighted by Gasteiger charge is -2.21. The number of hydrogen-bond acceptors (Lipinski definition) is 4. The first-order valence-corrected chi connectivity index (χ1v) is 7.65. The van der Waals surface area contributed by atoms with E-state index in [0.717, 1.165) is 6.42 Å². The summed E-state index contributed by atoms with van der Waals surface area (Å²) in [5.74, 6) is -0.495. The number of aliphatic hydroxyl groups excluding tert-OH is 2. The summed E-state index contributed by atoms with van der Waals surface area (Å²) < 4.78 is 1.55. The maximum atomic E-state index is 12.2. The van der Waals surface area contributed by atoms with Gasteiger partial charge in [-0.2, -0.15) is 0 Å². The van der Waals surface area contributed by atoms with Crippen LogP contribution in [-0.2, 0) is 0 Å². The highest BCUT2D eigenvalue weighted by atomic mass is 35.5. The van der Waals surface area contributed by atoms with Crippen LogP contribution in [0.25, 0.3) is 5.65 Å². The average molecular weight is 346 g/mol. The zero-order chi connectivity index (χ0) is 16.3. The van der Waals surface area contributed by atoms with Gasteiger partial charge >= 0.3 is 0 Å². The van der Waals surface area contributed by atoms with Crippen molar-refractivity contribution >= 4 is 34.8 Å². The number of aliphatic hydroxyl groups is 2. The number of rotatable bonds is 6. The Morgan fingerprint density at radius 2 is 2.18 bits per heavy atom. The summed E-state index contributed by atoms with van der Waals surface area (Å²) in [6, 6.07) is 0.797. The summed E-state index contributed by atoms with van der Waals surface area (Å²) in [5, 5.41) is 22.5. The molecule has 0 fully saturated rings. The number of nitrogens with one attached hydrogen (secondary N) is 1. The minimum atomic E-state index is -0.811. The molecule has 0 aromatic carbocycles. The minimum Gasteiger partial charge on any atom is -0.394 e. The molecule has 2 aromatic rings. The van der Waals surface area contributed by atoms with Gasteiger partial charge < -0.3 is 19.9 Å². The van der Waals surface area contributed by atoms with E-state index in [9.17, 15) is 15.0 Å². The van der Waals surface area contributed by atoms with E-state index in [2.05, 4.69) is 10.3 Å². The van der Waals surface area contributed by atoms with Crippen molar-refractivity contribution in [3.63, 3.8) is 0 Å². The molecule has 0 bridgehead atoms. The van der Waals surface area contributed by atoms with Crippen molar-refractivity contribution in [2.24, 2.45) is 0 Å². The summed E-state index contributed by atoms with van der Waals surface area (Å²) >= 11 is 11.9. The second-order valence-electron chi connectivity index (χ2n) is 4.98. The molecule has 120 valence electrons. The third kappa shape index (κ3) is 3.70. The number of amides is 1. The lowest BCUT2D eigenvalue weighted by Crippen LogP contribution is -2.45. The van der Waals surface area contributed by atoms with Gasteiger partial charge in [0.1, 0.15) is 5.69 Å². The van der Waals surface area contributed by atoms with Crippen molar-refractivity contribution in [1.29, 1.82) is 0 Å². The van der Waals surface area contributed by atoms with Crippen LogP contribution in [0.4, 0.5) is 0 Å². The van der Waals surface area contributed by atoms with Crippen molar-refractivity contribution in [2.75, 3.05) is 6.61 Å². The molecule has 0 radical (unpaired) electrons. The average Bonchev–Trinajstić information content (AvgIpc) is 2.89. The van der Waals surface area contributed by atoms with E-state index >= 15 is 0 Å². The Hall–Kier alpha value is -1.34. The number of carbonyl (C=O) groups excluding carboxylic acids is 1. The van der Waals surface area contributed by atoms with Gasteiger partial charge in [-0.25, -0.2) is 4.98 Å². The van der Waals surface area contributed by atoms with Gasteiger partial charge in [0, 0.05) is 12.4 Å². The van der Waals surface area contributed by atoms with Gasteiger partial charge in [0.2, 0.25) is 0 Å². The van der Waals surface area contributed by atoms with Crippen molar-refractivity contribution in [2.45, 2.75) is 31.9 Å². The summed E-state index contributed by atoms with van der Waals surface area (Å²) in [7, 11) is 0. The number of fused-ring (bicyclic) bond motifs is 1. The first kappa shape index (κ1) is 17.0. The Bertz CT molecular complexity index is 675. The summed E-state index contributed by atoms with van der Waals surface area (Å²) in [4.78, 5) is 16.3. The molecular formula is C14H17Cl2N3O3. The molecule has 2 aromatic heterocycles. The van der Waals surface area contributed by atoms with Gasteiger partial charge in [-0.15, -0.1) is 0 Å². The Morgan fingerprint density at radius 1 is 1.45 bits per heavy atom. The monoisotopic (exact) mass is 345 g/mol. The van der Waals surface area contributed by atoms with Gasteiger partial charge in [0.25, 0.3) is 5.91 Å². The molecule has 8 heteroatoms. The van der Waals surface area contributed by atoms with E-state index in [1.807, 2.05) is 6.92 Å². The molecule has 0 saturated carbocycles. The molecule has 6 nitrogen and oxygen atoms in total. The second-order valence-corrected chi connectivity index (χ2v) is 5.83. The number of pyridine rings is 1. The van der Waals surface area contributed by atoms with Crippen LogP contribution in [0.1, 0.15) is 30.3 Å². The highest BCUT2D eigenvalue weighted by molar-refractivity contribution is 6.36. The molecule has 1 amide bonds. The van der Waals surface area contributed by atoms with E-state index in [4.69, 9.17) is 23.2 Å². The van der Waals surface area contributed by atoms with Crippen LogP contribution in [0, 0.1) is 0 Å². The molecule has 2 unspecified atom stereocenters. The number of imidazole rings is 1. The predicted octanol–water partition coefficient (Wildman–Crippen LogP) is 1.89. The second kappa shape index (κ2) is 7.28. The SMILES string of the molecule is CCCC(O)C(CO)NC(=O)c1cn2cc(Cl)cc(Cl)c2n1. The fourth-order valence-corrected chi connectivity index (χ4v) is 2.66. The molecule has 0 aliphatic rings. The quantitative estimate of drug-likeness (QED) is 0.746. The fraction of sp³-hybridized carbons (Fsp3) is 0.429. The first-order chi connectivity index (χ1) is 10.5. The predicted molar refractivity (Wildman–Crippen MR) is 84.5 cm³/mol. The van der Waals surface area contributed by atoms with Gasteiger partial charge in [0.15, 0.2) is 5.65 Å². The summed E-state index contributed by atoms with van der Waals surface area (Å²) in [6.45, 7) is 1.56. The van der Waals surface area contributed by atoms with Gasteiger partial charge in [-0.3, -0.25) is 4.79 Å². The fourth-order valence-electron chi connectivity index (χ4n) is 2.14. The zero-order valence-electron chi connectivity index (χ0n) is 12.0. The maximum Gasteiger partial charge on any atom is 0.271 e. The van der Waals surface area contributed by atoms with Crippen LogP contribution in [0.15, 0.2) is 18.5 Å². The highest BCUT2D eigenvalue weighted by Gasteiger charge is 2.22. The van der Waals surface area contributed by atoms with Crippen LogP contribution in [-0.4, -0.2) is 44.3 Å². The van der Waals surface area contributed by atoms with Crippen LogP contribution < -0.4 is 5.32 Å². The van der Waals surface area contributed by atoms with E-state index in [0.29, 0.717) is 22.1 Å². The Balaban J connectivity index is 2.20. The van der Waals surface area contributed by atoms with Crippen LogP contribution in [0.3, 0.4) is 0 Å². The van der Waals surface area contributed by atoms with Gasteiger partial charge in [-0.1, -0.05) is 36.5 Å². The molecule has 0 spiro atoms. The van der Waals surface area contributed by atoms with Crippen molar-refractivity contribution in [3.05, 3.63) is 34.2 Å². The number of hydrogen-bond donors (Lipinski definition) is 3. The zero-order valence-corrected chi connectivity index (χ0v) is 13.5. The largest absolute Gasteiger partial charge is 0.394 e. The number of aromatic nitrogens is 2. The van der Waals surface area contributed by atoms with E-state index in [1.165, 1.54) is 12.3 Å².